The summed E-state index contributed by atoms with van der Waals surface area (Å²) in [5.74, 6) is -0.302. The Balaban J connectivity index is 2.71. The van der Waals surface area contributed by atoms with Gasteiger partial charge in [-0.1, -0.05) is 12.8 Å². The Morgan fingerprint density at radius 1 is 1.57 bits per heavy atom. The van der Waals surface area contributed by atoms with Gasteiger partial charge in [0.15, 0.2) is 0 Å². The first-order valence-corrected chi connectivity index (χ1v) is 5.05. The van der Waals surface area contributed by atoms with Gasteiger partial charge in [0, 0.05) is 19.6 Å². The highest BCUT2D eigenvalue weighted by Crippen LogP contribution is 2.41. The molecular formula is C10H19NO3. The van der Waals surface area contributed by atoms with Gasteiger partial charge in [-0.3, -0.25) is 4.79 Å². The predicted molar refractivity (Wildman–Crippen MR) is 52.9 cm³/mol. The molecule has 4 heteroatoms. The van der Waals surface area contributed by atoms with Crippen LogP contribution in [0.25, 0.3) is 0 Å². The number of rotatable bonds is 4. The van der Waals surface area contributed by atoms with E-state index in [1.54, 1.807) is 14.2 Å². The number of aliphatic hydroxyl groups is 1. The molecule has 0 spiro atoms. The molecule has 82 valence electrons. The largest absolute Gasteiger partial charge is 0.384 e. The van der Waals surface area contributed by atoms with Gasteiger partial charge in [-0.05, 0) is 12.8 Å². The van der Waals surface area contributed by atoms with Crippen molar-refractivity contribution in [2.75, 3.05) is 20.8 Å². The van der Waals surface area contributed by atoms with Gasteiger partial charge in [0.25, 0.3) is 0 Å². The van der Waals surface area contributed by atoms with E-state index in [1.165, 1.54) is 0 Å². The summed E-state index contributed by atoms with van der Waals surface area (Å²) in [7, 11) is 3.15. The number of hydrogen-bond donors (Lipinski definition) is 2. The van der Waals surface area contributed by atoms with Gasteiger partial charge in [-0.25, -0.2) is 0 Å². The first kappa shape index (κ1) is 11.5. The highest BCUT2D eigenvalue weighted by atomic mass is 16.5. The third kappa shape index (κ3) is 2.07. The maximum absolute atomic E-state index is 11.4. The minimum Gasteiger partial charge on any atom is -0.384 e. The van der Waals surface area contributed by atoms with Gasteiger partial charge in [-0.2, -0.15) is 0 Å². The maximum atomic E-state index is 11.4. The monoisotopic (exact) mass is 201 g/mol. The summed E-state index contributed by atoms with van der Waals surface area (Å²) in [4.78, 5) is 11.4. The van der Waals surface area contributed by atoms with Crippen LogP contribution in [0.4, 0.5) is 0 Å². The van der Waals surface area contributed by atoms with Crippen molar-refractivity contribution in [1.29, 1.82) is 0 Å². The smallest absolute Gasteiger partial charge is 0.249 e. The molecule has 1 rings (SSSR count). The third-order valence-electron chi connectivity index (χ3n) is 3.11. The average Bonchev–Trinajstić information content (AvgIpc) is 2.66. The van der Waals surface area contributed by atoms with Crippen molar-refractivity contribution in [3.05, 3.63) is 0 Å². The Kier molecular flexibility index (Phi) is 3.89. The van der Waals surface area contributed by atoms with Crippen molar-refractivity contribution < 1.29 is 14.6 Å². The second-order valence-corrected chi connectivity index (χ2v) is 4.02. The molecule has 1 aliphatic carbocycles. The Bertz CT molecular complexity index is 200. The van der Waals surface area contributed by atoms with Crippen LogP contribution in [-0.4, -0.2) is 37.9 Å². The lowest BCUT2D eigenvalue weighted by atomic mass is 9.80. The average molecular weight is 201 g/mol. The van der Waals surface area contributed by atoms with E-state index in [0.29, 0.717) is 6.61 Å². The van der Waals surface area contributed by atoms with Crippen molar-refractivity contribution in [3.8, 4) is 0 Å². The zero-order valence-corrected chi connectivity index (χ0v) is 8.88. The van der Waals surface area contributed by atoms with E-state index in [4.69, 9.17) is 4.74 Å². The highest BCUT2D eigenvalue weighted by Gasteiger charge is 2.43. The molecule has 1 aliphatic rings. The summed E-state index contributed by atoms with van der Waals surface area (Å²) in [5, 5.41) is 12.4. The van der Waals surface area contributed by atoms with Gasteiger partial charge in [0.1, 0.15) is 6.10 Å². The van der Waals surface area contributed by atoms with E-state index in [9.17, 15) is 9.90 Å². The Hall–Kier alpha value is -0.610. The summed E-state index contributed by atoms with van der Waals surface area (Å²) in [6, 6.07) is 0. The number of amides is 1. The van der Waals surface area contributed by atoms with Gasteiger partial charge >= 0.3 is 0 Å². The summed E-state index contributed by atoms with van der Waals surface area (Å²) in [6.07, 6.45) is 2.94. The number of carbonyl (C=O) groups is 1. The van der Waals surface area contributed by atoms with Crippen LogP contribution in [0.5, 0.6) is 0 Å². The van der Waals surface area contributed by atoms with E-state index in [-0.39, 0.29) is 11.3 Å². The van der Waals surface area contributed by atoms with Crippen LogP contribution in [0, 0.1) is 5.41 Å². The third-order valence-corrected chi connectivity index (χ3v) is 3.11. The molecule has 0 saturated heterocycles. The summed E-state index contributed by atoms with van der Waals surface area (Å²) < 4.78 is 5.10. The molecule has 0 unspecified atom stereocenters. The lowest BCUT2D eigenvalue weighted by Gasteiger charge is -2.32. The molecule has 2 N–H and O–H groups in total. The quantitative estimate of drug-likeness (QED) is 0.687. The lowest BCUT2D eigenvalue weighted by molar-refractivity contribution is -0.139. The summed E-state index contributed by atoms with van der Waals surface area (Å²) in [5.41, 5.74) is -0.352. The Morgan fingerprint density at radius 2 is 2.14 bits per heavy atom. The molecule has 1 amide bonds. The molecule has 0 radical (unpaired) electrons. The van der Waals surface area contributed by atoms with E-state index >= 15 is 0 Å². The molecule has 1 fully saturated rings. The van der Waals surface area contributed by atoms with Gasteiger partial charge in [0.05, 0.1) is 6.61 Å². The number of carbonyl (C=O) groups excluding carboxylic acids is 1. The second kappa shape index (κ2) is 4.75. The van der Waals surface area contributed by atoms with Crippen molar-refractivity contribution in [2.45, 2.75) is 31.8 Å². The molecule has 0 aliphatic heterocycles. The molecule has 0 aromatic heterocycles. The van der Waals surface area contributed by atoms with Crippen LogP contribution < -0.4 is 5.32 Å². The first-order chi connectivity index (χ1) is 6.66. The fourth-order valence-corrected chi connectivity index (χ4v) is 2.28. The summed E-state index contributed by atoms with van der Waals surface area (Å²) >= 11 is 0. The van der Waals surface area contributed by atoms with E-state index in [1.807, 2.05) is 0 Å². The van der Waals surface area contributed by atoms with Gasteiger partial charge in [0.2, 0.25) is 5.91 Å². The SMILES string of the molecule is CNC(=O)[C@@H](O)C1(COC)CCCC1. The number of likely N-dealkylation sites (N-methyl/N-ethyl adjacent to an activating group) is 1. The normalized spacial score (nSPS) is 21.9. The van der Waals surface area contributed by atoms with Crippen molar-refractivity contribution in [1.82, 2.24) is 5.32 Å². The summed E-state index contributed by atoms with van der Waals surface area (Å²) in [6.45, 7) is 0.460. The van der Waals surface area contributed by atoms with Crippen LogP contribution >= 0.6 is 0 Å². The Morgan fingerprint density at radius 3 is 2.57 bits per heavy atom. The van der Waals surface area contributed by atoms with Crippen molar-refractivity contribution >= 4 is 5.91 Å². The zero-order chi connectivity index (χ0) is 10.6. The van der Waals surface area contributed by atoms with Crippen molar-refractivity contribution in [2.24, 2.45) is 5.41 Å². The van der Waals surface area contributed by atoms with Crippen LogP contribution in [-0.2, 0) is 9.53 Å². The molecular weight excluding hydrogens is 182 g/mol. The van der Waals surface area contributed by atoms with E-state index in [2.05, 4.69) is 5.32 Å². The first-order valence-electron chi connectivity index (χ1n) is 5.05. The number of hydrogen-bond acceptors (Lipinski definition) is 3. The van der Waals surface area contributed by atoms with Crippen LogP contribution in [0.15, 0.2) is 0 Å². The highest BCUT2D eigenvalue weighted by molar-refractivity contribution is 5.81. The molecule has 1 atom stereocenters. The van der Waals surface area contributed by atoms with Crippen LogP contribution in [0.2, 0.25) is 0 Å². The molecule has 1 saturated carbocycles. The molecule has 0 aromatic rings. The topological polar surface area (TPSA) is 58.6 Å². The predicted octanol–water partition coefficient (Wildman–Crippen LogP) is 0.300. The van der Waals surface area contributed by atoms with Crippen molar-refractivity contribution in [3.63, 3.8) is 0 Å². The number of ether oxygens (including phenoxy) is 1. The standard InChI is InChI=1S/C10H19NO3/c1-11-9(13)8(12)10(7-14-2)5-3-4-6-10/h8,12H,3-7H2,1-2H3,(H,11,13)/t8-/m1/s1. The maximum Gasteiger partial charge on any atom is 0.249 e. The fraction of sp³-hybridized carbons (Fsp3) is 0.900. The zero-order valence-electron chi connectivity index (χ0n) is 8.88. The molecule has 4 nitrogen and oxygen atoms in total. The van der Waals surface area contributed by atoms with E-state index < -0.39 is 6.10 Å². The van der Waals surface area contributed by atoms with Crippen LogP contribution in [0.3, 0.4) is 0 Å². The molecule has 14 heavy (non-hydrogen) atoms. The second-order valence-electron chi connectivity index (χ2n) is 4.02. The number of methoxy groups -OCH3 is 1. The molecule has 0 bridgehead atoms. The Labute approximate surface area is 84.6 Å². The van der Waals surface area contributed by atoms with Gasteiger partial charge in [-0.15, -0.1) is 0 Å². The van der Waals surface area contributed by atoms with E-state index in [0.717, 1.165) is 25.7 Å². The fourth-order valence-electron chi connectivity index (χ4n) is 2.28. The van der Waals surface area contributed by atoms with Crippen LogP contribution in [0.1, 0.15) is 25.7 Å². The van der Waals surface area contributed by atoms with Gasteiger partial charge < -0.3 is 15.2 Å². The minimum absolute atomic E-state index is 0.302. The molecule has 0 aromatic carbocycles. The molecule has 0 heterocycles. The lowest BCUT2D eigenvalue weighted by Crippen LogP contribution is -2.46. The minimum atomic E-state index is -0.935. The number of aliphatic hydroxyl groups excluding tert-OH is 1. The number of nitrogens with one attached hydrogen (secondary N) is 1.